The molecule has 1 aliphatic carbocycles. The summed E-state index contributed by atoms with van der Waals surface area (Å²) in [6, 6.07) is 1.31. The lowest BCUT2D eigenvalue weighted by molar-refractivity contribution is -0.0284. The van der Waals surface area contributed by atoms with Crippen LogP contribution in [-0.4, -0.2) is 87.4 Å². The number of likely N-dealkylation sites (N-methyl/N-ethyl adjacent to an activating group) is 1. The van der Waals surface area contributed by atoms with Crippen LogP contribution in [0.3, 0.4) is 0 Å². The van der Waals surface area contributed by atoms with Crippen LogP contribution < -0.4 is 10.6 Å². The molecule has 2 aliphatic rings. The van der Waals surface area contributed by atoms with Crippen molar-refractivity contribution in [1.82, 2.24) is 20.4 Å². The van der Waals surface area contributed by atoms with Crippen LogP contribution in [0, 0.1) is 5.92 Å². The summed E-state index contributed by atoms with van der Waals surface area (Å²) >= 11 is 0. The van der Waals surface area contributed by atoms with Crippen LogP contribution in [0.2, 0.25) is 0 Å². The third kappa shape index (κ3) is 8.41. The summed E-state index contributed by atoms with van der Waals surface area (Å²) in [6.45, 7) is 12.6. The Hall–Kier alpha value is -0.120. The van der Waals surface area contributed by atoms with Crippen molar-refractivity contribution in [2.75, 3.05) is 53.4 Å². The molecule has 148 valence electrons. The molecule has 6 nitrogen and oxygen atoms in total. The summed E-state index contributed by atoms with van der Waals surface area (Å²) in [5, 5.41) is 6.86. The van der Waals surface area contributed by atoms with Crippen LogP contribution in [0.4, 0.5) is 0 Å². The Morgan fingerprint density at radius 1 is 1.28 bits per heavy atom. The minimum absolute atomic E-state index is 0. The summed E-state index contributed by atoms with van der Waals surface area (Å²) in [5.74, 6) is 1.58. The van der Waals surface area contributed by atoms with E-state index in [9.17, 15) is 0 Å². The van der Waals surface area contributed by atoms with E-state index in [1.807, 2.05) is 7.05 Å². The number of guanidine groups is 1. The van der Waals surface area contributed by atoms with Gasteiger partial charge in [-0.15, -0.1) is 24.0 Å². The zero-order valence-electron chi connectivity index (χ0n) is 16.6. The van der Waals surface area contributed by atoms with E-state index in [1.54, 1.807) is 0 Å². The van der Waals surface area contributed by atoms with E-state index in [0.717, 1.165) is 51.3 Å². The van der Waals surface area contributed by atoms with E-state index in [4.69, 9.17) is 4.74 Å². The minimum Gasteiger partial charge on any atom is -0.374 e. The van der Waals surface area contributed by atoms with Crippen LogP contribution in [0.25, 0.3) is 0 Å². The van der Waals surface area contributed by atoms with Crippen molar-refractivity contribution >= 4 is 29.9 Å². The highest BCUT2D eigenvalue weighted by atomic mass is 127. The lowest BCUT2D eigenvalue weighted by atomic mass is 10.2. The second-order valence-electron chi connectivity index (χ2n) is 7.73. The fourth-order valence-electron chi connectivity index (χ4n) is 3.25. The standard InChI is InChI=1S/C18H37N5O.HI/c1-14(2)12-23-8-9-24-17(13-23)11-21-18(19-4)20-10-15(3)22(5)16-6-7-16;/h14-17H,6-13H2,1-5H3,(H2,19,20,21);1H. The van der Waals surface area contributed by atoms with Gasteiger partial charge in [-0.3, -0.25) is 14.8 Å². The smallest absolute Gasteiger partial charge is 0.191 e. The number of rotatable bonds is 8. The Morgan fingerprint density at radius 3 is 2.60 bits per heavy atom. The van der Waals surface area contributed by atoms with Gasteiger partial charge in [-0.1, -0.05) is 13.8 Å². The molecule has 2 rings (SSSR count). The van der Waals surface area contributed by atoms with E-state index < -0.39 is 0 Å². The largest absolute Gasteiger partial charge is 0.374 e. The van der Waals surface area contributed by atoms with E-state index in [0.29, 0.717) is 12.0 Å². The second-order valence-corrected chi connectivity index (χ2v) is 7.73. The SMILES string of the molecule is CN=C(NCC1CN(CC(C)C)CCO1)NCC(C)N(C)C1CC1.I. The molecule has 0 aromatic carbocycles. The first kappa shape index (κ1) is 22.9. The van der Waals surface area contributed by atoms with Gasteiger partial charge in [0.2, 0.25) is 0 Å². The summed E-state index contributed by atoms with van der Waals surface area (Å²) < 4.78 is 5.89. The second kappa shape index (κ2) is 11.6. The zero-order chi connectivity index (χ0) is 17.5. The van der Waals surface area contributed by atoms with Crippen molar-refractivity contribution in [3.63, 3.8) is 0 Å². The van der Waals surface area contributed by atoms with Crippen LogP contribution >= 0.6 is 24.0 Å². The first-order valence-corrected chi connectivity index (χ1v) is 9.50. The molecule has 2 fully saturated rings. The Morgan fingerprint density at radius 2 is 2.00 bits per heavy atom. The molecule has 1 heterocycles. The van der Waals surface area contributed by atoms with Gasteiger partial charge in [-0.2, -0.15) is 0 Å². The average molecular weight is 467 g/mol. The van der Waals surface area contributed by atoms with Gasteiger partial charge >= 0.3 is 0 Å². The Bertz CT molecular complexity index is 403. The molecule has 0 bridgehead atoms. The maximum Gasteiger partial charge on any atom is 0.191 e. The molecule has 1 aliphatic heterocycles. The highest BCUT2D eigenvalue weighted by Gasteiger charge is 2.29. The van der Waals surface area contributed by atoms with Gasteiger partial charge < -0.3 is 15.4 Å². The van der Waals surface area contributed by atoms with Crippen LogP contribution in [0.15, 0.2) is 4.99 Å². The lowest BCUT2D eigenvalue weighted by Gasteiger charge is -2.34. The maximum atomic E-state index is 5.89. The first-order chi connectivity index (χ1) is 11.5. The van der Waals surface area contributed by atoms with Gasteiger partial charge in [0.15, 0.2) is 5.96 Å². The third-order valence-electron chi connectivity index (χ3n) is 4.95. The topological polar surface area (TPSA) is 52.1 Å². The van der Waals surface area contributed by atoms with Gasteiger partial charge in [0, 0.05) is 51.9 Å². The quantitative estimate of drug-likeness (QED) is 0.323. The predicted molar refractivity (Wildman–Crippen MR) is 116 cm³/mol. The summed E-state index contributed by atoms with van der Waals surface area (Å²) in [7, 11) is 4.05. The number of aliphatic imine (C=N–C) groups is 1. The molecule has 0 amide bonds. The Kier molecular flexibility index (Phi) is 10.6. The zero-order valence-corrected chi connectivity index (χ0v) is 19.0. The summed E-state index contributed by atoms with van der Waals surface area (Å²) in [6.07, 6.45) is 2.93. The Labute approximate surface area is 171 Å². The van der Waals surface area contributed by atoms with Crippen molar-refractivity contribution < 1.29 is 4.74 Å². The van der Waals surface area contributed by atoms with Crippen LogP contribution in [-0.2, 0) is 4.74 Å². The maximum absolute atomic E-state index is 5.89. The fraction of sp³-hybridized carbons (Fsp3) is 0.944. The summed E-state index contributed by atoms with van der Waals surface area (Å²) in [5.41, 5.74) is 0. The van der Waals surface area contributed by atoms with E-state index in [2.05, 4.69) is 53.2 Å². The van der Waals surface area contributed by atoms with Gasteiger partial charge in [0.1, 0.15) is 0 Å². The van der Waals surface area contributed by atoms with Crippen molar-refractivity contribution in [3.05, 3.63) is 0 Å². The molecule has 2 unspecified atom stereocenters. The molecule has 2 N–H and O–H groups in total. The minimum atomic E-state index is 0. The van der Waals surface area contributed by atoms with Gasteiger partial charge in [0.25, 0.3) is 0 Å². The molecule has 7 heteroatoms. The molecule has 0 spiro atoms. The number of nitrogens with zero attached hydrogens (tertiary/aromatic N) is 3. The highest BCUT2D eigenvalue weighted by Crippen LogP contribution is 2.26. The number of morpholine rings is 1. The predicted octanol–water partition coefficient (Wildman–Crippen LogP) is 1.61. The van der Waals surface area contributed by atoms with E-state index >= 15 is 0 Å². The van der Waals surface area contributed by atoms with Crippen LogP contribution in [0.5, 0.6) is 0 Å². The van der Waals surface area contributed by atoms with Gasteiger partial charge in [-0.25, -0.2) is 0 Å². The van der Waals surface area contributed by atoms with Gasteiger partial charge in [0.05, 0.1) is 12.7 Å². The molecule has 0 radical (unpaired) electrons. The monoisotopic (exact) mass is 467 g/mol. The molecular weight excluding hydrogens is 429 g/mol. The average Bonchev–Trinajstić information content (AvgIpc) is 3.38. The van der Waals surface area contributed by atoms with Crippen molar-refractivity contribution in [3.8, 4) is 0 Å². The molecule has 2 atom stereocenters. The number of hydrogen-bond donors (Lipinski definition) is 2. The number of hydrogen-bond acceptors (Lipinski definition) is 4. The number of nitrogens with one attached hydrogen (secondary N) is 2. The Balaban J connectivity index is 0.00000312. The first-order valence-electron chi connectivity index (χ1n) is 9.50. The van der Waals surface area contributed by atoms with Crippen molar-refractivity contribution in [2.24, 2.45) is 10.9 Å². The van der Waals surface area contributed by atoms with E-state index in [-0.39, 0.29) is 30.1 Å². The number of halogens is 1. The molecular formula is C18H38IN5O. The van der Waals surface area contributed by atoms with Gasteiger partial charge in [-0.05, 0) is 32.7 Å². The molecule has 1 saturated heterocycles. The molecule has 1 saturated carbocycles. The summed E-state index contributed by atoms with van der Waals surface area (Å²) in [4.78, 5) is 9.31. The lowest BCUT2D eigenvalue weighted by Crippen LogP contribution is -2.51. The van der Waals surface area contributed by atoms with Crippen molar-refractivity contribution in [1.29, 1.82) is 0 Å². The third-order valence-corrected chi connectivity index (χ3v) is 4.95. The normalized spacial score (nSPS) is 23.5. The number of ether oxygens (including phenoxy) is 1. The highest BCUT2D eigenvalue weighted by molar-refractivity contribution is 14.0. The molecule has 0 aromatic rings. The molecule has 0 aromatic heterocycles. The van der Waals surface area contributed by atoms with Crippen molar-refractivity contribution in [2.45, 2.75) is 51.8 Å². The van der Waals surface area contributed by atoms with E-state index in [1.165, 1.54) is 12.8 Å². The van der Waals surface area contributed by atoms with Crippen LogP contribution in [0.1, 0.15) is 33.6 Å². The fourth-order valence-corrected chi connectivity index (χ4v) is 3.25. The molecule has 25 heavy (non-hydrogen) atoms.